The number of benzene rings is 1. The van der Waals surface area contributed by atoms with E-state index < -0.39 is 5.97 Å². The van der Waals surface area contributed by atoms with Crippen LogP contribution in [-0.2, 0) is 4.74 Å². The predicted molar refractivity (Wildman–Crippen MR) is 129 cm³/mol. The Balaban J connectivity index is 1.56. The average molecular weight is 464 g/mol. The summed E-state index contributed by atoms with van der Waals surface area (Å²) in [7, 11) is 0. The Hall–Kier alpha value is -3.04. The second-order valence-electron chi connectivity index (χ2n) is 8.96. The molecule has 0 saturated carbocycles. The first-order valence-electron chi connectivity index (χ1n) is 11.5. The highest BCUT2D eigenvalue weighted by Gasteiger charge is 2.40. The van der Waals surface area contributed by atoms with Crippen LogP contribution in [0.25, 0.3) is 26.1 Å². The molecule has 4 aromatic rings. The highest BCUT2D eigenvalue weighted by Crippen LogP contribution is 2.40. The number of hydrogen-bond acceptors (Lipinski definition) is 8. The van der Waals surface area contributed by atoms with Gasteiger partial charge in [-0.2, -0.15) is 4.98 Å². The molecule has 0 amide bonds. The van der Waals surface area contributed by atoms with E-state index in [-0.39, 0.29) is 17.6 Å². The van der Waals surface area contributed by atoms with Crippen molar-refractivity contribution in [1.82, 2.24) is 19.7 Å². The van der Waals surface area contributed by atoms with Crippen molar-refractivity contribution < 1.29 is 9.53 Å². The van der Waals surface area contributed by atoms with Gasteiger partial charge in [-0.1, -0.05) is 12.1 Å². The first-order chi connectivity index (χ1) is 16.1. The van der Waals surface area contributed by atoms with E-state index in [0.717, 1.165) is 42.8 Å². The quantitative estimate of drug-likeness (QED) is 0.467. The number of thiazole rings is 1. The van der Waals surface area contributed by atoms with E-state index in [9.17, 15) is 9.59 Å². The van der Waals surface area contributed by atoms with E-state index in [4.69, 9.17) is 9.72 Å². The Morgan fingerprint density at radius 1 is 1.24 bits per heavy atom. The number of carbonyl (C=O) groups excluding carboxylic acids is 1. The maximum atomic E-state index is 13.4. The summed E-state index contributed by atoms with van der Waals surface area (Å²) >= 11 is 1.41. The van der Waals surface area contributed by atoms with Crippen LogP contribution in [0.4, 0.5) is 5.95 Å². The lowest BCUT2D eigenvalue weighted by molar-refractivity contribution is 0.0527. The largest absolute Gasteiger partial charge is 0.462 e. The van der Waals surface area contributed by atoms with Gasteiger partial charge in [0.15, 0.2) is 5.65 Å². The van der Waals surface area contributed by atoms with Gasteiger partial charge in [0.1, 0.15) is 10.4 Å². The molecule has 0 radical (unpaired) electrons. The third-order valence-electron chi connectivity index (χ3n) is 7.03. The Morgan fingerprint density at radius 3 is 2.88 bits per heavy atom. The van der Waals surface area contributed by atoms with E-state index in [2.05, 4.69) is 15.2 Å². The Kier molecular flexibility index (Phi) is 4.84. The zero-order valence-corrected chi connectivity index (χ0v) is 19.3. The molecule has 2 fully saturated rings. The van der Waals surface area contributed by atoms with Crippen LogP contribution in [0.5, 0.6) is 0 Å². The number of rotatable bonds is 3. The number of hydrogen-bond donors (Lipinski definition) is 1. The number of pyridine rings is 1. The smallest absolute Gasteiger partial charge is 0.345 e. The van der Waals surface area contributed by atoms with Gasteiger partial charge in [-0.25, -0.2) is 9.78 Å². The zero-order chi connectivity index (χ0) is 22.6. The minimum absolute atomic E-state index is 0.0525. The molecule has 5 heterocycles. The van der Waals surface area contributed by atoms with Crippen LogP contribution >= 0.6 is 11.3 Å². The molecule has 9 heteroatoms. The van der Waals surface area contributed by atoms with Gasteiger partial charge in [-0.3, -0.25) is 9.20 Å². The molecule has 0 aliphatic carbocycles. The van der Waals surface area contributed by atoms with Crippen molar-refractivity contribution in [3.63, 3.8) is 0 Å². The van der Waals surface area contributed by atoms with E-state index in [1.54, 1.807) is 13.1 Å². The summed E-state index contributed by atoms with van der Waals surface area (Å²) in [5.41, 5.74) is 1.44. The van der Waals surface area contributed by atoms with E-state index in [1.165, 1.54) is 24.2 Å². The van der Waals surface area contributed by atoms with Gasteiger partial charge in [-0.05, 0) is 56.8 Å². The molecule has 170 valence electrons. The maximum absolute atomic E-state index is 13.4. The van der Waals surface area contributed by atoms with Crippen molar-refractivity contribution in [3.8, 4) is 0 Å². The Morgan fingerprint density at radius 2 is 2.06 bits per heavy atom. The second-order valence-corrected chi connectivity index (χ2v) is 9.99. The van der Waals surface area contributed by atoms with Crippen molar-refractivity contribution in [2.75, 3.05) is 37.7 Å². The van der Waals surface area contributed by atoms with Crippen molar-refractivity contribution >= 4 is 49.3 Å². The van der Waals surface area contributed by atoms with E-state index in [1.807, 2.05) is 28.7 Å². The molecule has 2 saturated heterocycles. The number of esters is 1. The van der Waals surface area contributed by atoms with Crippen molar-refractivity contribution in [2.24, 2.45) is 5.41 Å². The highest BCUT2D eigenvalue weighted by atomic mass is 32.1. The van der Waals surface area contributed by atoms with Gasteiger partial charge in [0.05, 0.1) is 22.2 Å². The van der Waals surface area contributed by atoms with Crippen molar-refractivity contribution in [3.05, 3.63) is 46.2 Å². The second kappa shape index (κ2) is 7.78. The van der Waals surface area contributed by atoms with Crippen LogP contribution in [0.15, 0.2) is 35.3 Å². The van der Waals surface area contributed by atoms with Gasteiger partial charge in [0.2, 0.25) is 11.4 Å². The molecule has 33 heavy (non-hydrogen) atoms. The normalized spacial score (nSPS) is 18.0. The lowest BCUT2D eigenvalue weighted by Crippen LogP contribution is -2.38. The lowest BCUT2D eigenvalue weighted by Gasteiger charge is -2.33. The molecule has 2 aliphatic heterocycles. The summed E-state index contributed by atoms with van der Waals surface area (Å²) in [6.45, 7) is 5.90. The summed E-state index contributed by atoms with van der Waals surface area (Å²) in [4.78, 5) is 38.5. The molecule has 1 N–H and O–H groups in total. The standard InChI is InChI=1S/C24H25N5O3S/c1-2-32-22(31)18-19(30)15-13-26-23(28-12-9-24(14-28)7-10-25-11-8-24)27-20(15)29-16-5-3-4-6-17(16)33-21(18)29/h3-6,13,25H,2,7-12,14H2,1H3. The number of fused-ring (bicyclic) bond motifs is 5. The molecular formula is C24H25N5O3S. The molecule has 0 atom stereocenters. The van der Waals surface area contributed by atoms with Crippen LogP contribution in [0.3, 0.4) is 0 Å². The van der Waals surface area contributed by atoms with Gasteiger partial charge in [0.25, 0.3) is 0 Å². The average Bonchev–Trinajstić information content (AvgIpc) is 3.41. The van der Waals surface area contributed by atoms with Crippen LogP contribution in [0, 0.1) is 5.41 Å². The fraction of sp³-hybridized carbons (Fsp3) is 0.417. The van der Waals surface area contributed by atoms with Crippen molar-refractivity contribution in [1.29, 1.82) is 0 Å². The summed E-state index contributed by atoms with van der Waals surface area (Å²) in [6, 6.07) is 7.87. The monoisotopic (exact) mass is 463 g/mol. The molecular weight excluding hydrogens is 438 g/mol. The summed E-state index contributed by atoms with van der Waals surface area (Å²) in [6.07, 6.45) is 5.04. The first-order valence-corrected chi connectivity index (χ1v) is 12.3. The van der Waals surface area contributed by atoms with Gasteiger partial charge >= 0.3 is 5.97 Å². The van der Waals surface area contributed by atoms with Gasteiger partial charge in [0, 0.05) is 19.3 Å². The molecule has 0 unspecified atom stereocenters. The fourth-order valence-corrected chi connectivity index (χ4v) is 6.47. The summed E-state index contributed by atoms with van der Waals surface area (Å²) < 4.78 is 8.13. The molecule has 6 rings (SSSR count). The van der Waals surface area contributed by atoms with Crippen LogP contribution < -0.4 is 15.6 Å². The topological polar surface area (TPSA) is 88.8 Å². The Bertz CT molecular complexity index is 1450. The lowest BCUT2D eigenvalue weighted by atomic mass is 9.78. The minimum atomic E-state index is -0.607. The van der Waals surface area contributed by atoms with Gasteiger partial charge < -0.3 is 15.0 Å². The third kappa shape index (κ3) is 3.21. The maximum Gasteiger partial charge on any atom is 0.345 e. The molecule has 1 aromatic carbocycles. The third-order valence-corrected chi connectivity index (χ3v) is 8.18. The molecule has 2 aliphatic rings. The SMILES string of the molecule is CCOC(=O)c1c(=O)c2cnc(N3CCC4(CCNCC4)C3)nc2n2c1sc1ccccc12. The summed E-state index contributed by atoms with van der Waals surface area (Å²) in [5.74, 6) is 0.0372. The fourth-order valence-electron chi connectivity index (χ4n) is 5.29. The van der Waals surface area contributed by atoms with Gasteiger partial charge in [-0.15, -0.1) is 11.3 Å². The molecule has 1 spiro atoms. The van der Waals surface area contributed by atoms with Crippen molar-refractivity contribution in [2.45, 2.75) is 26.2 Å². The highest BCUT2D eigenvalue weighted by molar-refractivity contribution is 7.24. The number of anilines is 1. The predicted octanol–water partition coefficient (Wildman–Crippen LogP) is 3.21. The van der Waals surface area contributed by atoms with E-state index >= 15 is 0 Å². The van der Waals surface area contributed by atoms with Crippen LogP contribution in [-0.4, -0.2) is 53.1 Å². The molecule has 0 bridgehead atoms. The Labute approximate surface area is 194 Å². The van der Waals surface area contributed by atoms with Crippen LogP contribution in [0.1, 0.15) is 36.5 Å². The number of para-hydroxylation sites is 1. The molecule has 3 aromatic heterocycles. The number of carbonyl (C=O) groups is 1. The molecule has 8 nitrogen and oxygen atoms in total. The summed E-state index contributed by atoms with van der Waals surface area (Å²) in [5, 5.41) is 3.79. The minimum Gasteiger partial charge on any atom is -0.462 e. The number of nitrogens with zero attached hydrogens (tertiary/aromatic N) is 4. The number of aromatic nitrogens is 3. The number of piperidine rings is 1. The van der Waals surface area contributed by atoms with E-state index in [0.29, 0.717) is 27.2 Å². The zero-order valence-electron chi connectivity index (χ0n) is 18.5. The first kappa shape index (κ1) is 20.6. The van der Waals surface area contributed by atoms with Crippen LogP contribution in [0.2, 0.25) is 0 Å². The number of ether oxygens (including phenoxy) is 1. The number of nitrogens with one attached hydrogen (secondary N) is 1.